The van der Waals surface area contributed by atoms with Crippen LogP contribution in [0.25, 0.3) is 22.1 Å². The summed E-state index contributed by atoms with van der Waals surface area (Å²) in [5, 5.41) is 12.2. The van der Waals surface area contributed by atoms with E-state index in [1.54, 1.807) is 22.8 Å². The van der Waals surface area contributed by atoms with Crippen molar-refractivity contribution in [1.82, 2.24) is 23.8 Å². The molecule has 178 valence electrons. The second kappa shape index (κ2) is 7.98. The minimum atomic E-state index is -3.91. The number of amides is 1. The lowest BCUT2D eigenvalue weighted by atomic mass is 9.80. The van der Waals surface area contributed by atoms with Crippen molar-refractivity contribution in [2.24, 2.45) is 0 Å². The van der Waals surface area contributed by atoms with E-state index in [9.17, 15) is 18.0 Å². The van der Waals surface area contributed by atoms with Crippen molar-refractivity contribution in [3.05, 3.63) is 57.7 Å². The van der Waals surface area contributed by atoms with Gasteiger partial charge in [-0.2, -0.15) is 0 Å². The van der Waals surface area contributed by atoms with Gasteiger partial charge in [0.2, 0.25) is 0 Å². The van der Waals surface area contributed by atoms with Gasteiger partial charge in [0, 0.05) is 22.3 Å². The molecular formula is C22H22BrN5O5S. The molecule has 1 fully saturated rings. The van der Waals surface area contributed by atoms with Crippen LogP contribution in [0.3, 0.4) is 0 Å². The molecule has 0 saturated heterocycles. The summed E-state index contributed by atoms with van der Waals surface area (Å²) in [5.74, 6) is 0. The van der Waals surface area contributed by atoms with Crippen LogP contribution in [-0.2, 0) is 10.0 Å². The lowest BCUT2D eigenvalue weighted by Crippen LogP contribution is -2.48. The third-order valence-electron chi connectivity index (χ3n) is 6.54. The average molecular weight is 548 g/mol. The molecule has 1 aromatic carbocycles. The number of fused-ring (bicyclic) bond motifs is 3. The molecule has 1 saturated carbocycles. The zero-order valence-electron chi connectivity index (χ0n) is 18.2. The molecule has 0 radical (unpaired) electrons. The van der Waals surface area contributed by atoms with Gasteiger partial charge in [-0.25, -0.2) is 27.0 Å². The number of nitrogens with zero attached hydrogens (tertiary/aromatic N) is 3. The second-order valence-corrected chi connectivity index (χ2v) is 11.5. The van der Waals surface area contributed by atoms with Crippen LogP contribution in [0.15, 0.2) is 56.9 Å². The Labute approximate surface area is 202 Å². The predicted octanol–water partition coefficient (Wildman–Crippen LogP) is 3.82. The van der Waals surface area contributed by atoms with E-state index in [0.29, 0.717) is 46.6 Å². The lowest BCUT2D eigenvalue weighted by molar-refractivity contribution is 0.158. The first-order chi connectivity index (χ1) is 16.1. The van der Waals surface area contributed by atoms with Crippen LogP contribution in [0, 0.1) is 0 Å². The van der Waals surface area contributed by atoms with Crippen molar-refractivity contribution in [2.75, 3.05) is 0 Å². The molecule has 0 unspecified atom stereocenters. The largest absolute Gasteiger partial charge is 0.465 e. The van der Waals surface area contributed by atoms with Crippen LogP contribution in [0.1, 0.15) is 38.6 Å². The minimum absolute atomic E-state index is 0.130. The van der Waals surface area contributed by atoms with Gasteiger partial charge in [0.05, 0.1) is 27.5 Å². The van der Waals surface area contributed by atoms with Gasteiger partial charge in [0.25, 0.3) is 10.0 Å². The van der Waals surface area contributed by atoms with Crippen molar-refractivity contribution >= 4 is 54.1 Å². The quantitative estimate of drug-likeness (QED) is 0.355. The number of H-pyrrole nitrogens is 1. The summed E-state index contributed by atoms with van der Waals surface area (Å²) in [5.41, 5.74) is 0.426. The number of rotatable bonds is 4. The molecule has 3 heterocycles. The highest BCUT2D eigenvalue weighted by molar-refractivity contribution is 9.10. The van der Waals surface area contributed by atoms with E-state index < -0.39 is 21.7 Å². The molecule has 10 nitrogen and oxygen atoms in total. The van der Waals surface area contributed by atoms with Crippen LogP contribution in [0.2, 0.25) is 0 Å². The first-order valence-corrected chi connectivity index (χ1v) is 13.0. The summed E-state index contributed by atoms with van der Waals surface area (Å²) in [6, 6.07) is 7.91. The van der Waals surface area contributed by atoms with Crippen LogP contribution in [-0.4, -0.2) is 43.7 Å². The van der Waals surface area contributed by atoms with Crippen LogP contribution < -0.4 is 11.0 Å². The van der Waals surface area contributed by atoms with Gasteiger partial charge in [-0.3, -0.25) is 4.57 Å². The fraction of sp³-hybridized carbons (Fsp3) is 0.318. The van der Waals surface area contributed by atoms with Gasteiger partial charge in [0.15, 0.2) is 5.65 Å². The van der Waals surface area contributed by atoms with Gasteiger partial charge < -0.3 is 15.4 Å². The molecular weight excluding hydrogens is 526 g/mol. The monoisotopic (exact) mass is 547 g/mol. The number of aromatic amines is 1. The van der Waals surface area contributed by atoms with Gasteiger partial charge >= 0.3 is 11.8 Å². The molecule has 1 amide bonds. The number of imidazole rings is 1. The molecule has 1 aliphatic rings. The zero-order valence-corrected chi connectivity index (χ0v) is 20.6. The van der Waals surface area contributed by atoms with Crippen LogP contribution >= 0.6 is 15.9 Å². The van der Waals surface area contributed by atoms with Crippen LogP contribution in [0.4, 0.5) is 4.79 Å². The van der Waals surface area contributed by atoms with Gasteiger partial charge in [0.1, 0.15) is 0 Å². The topological polar surface area (TPSA) is 139 Å². The second-order valence-electron chi connectivity index (χ2n) is 8.83. The number of nitrogens with one attached hydrogen (secondary N) is 2. The number of aromatic nitrogens is 4. The molecule has 0 bridgehead atoms. The van der Waals surface area contributed by atoms with Crippen molar-refractivity contribution in [3.8, 4) is 0 Å². The van der Waals surface area contributed by atoms with Gasteiger partial charge in [-0.1, -0.05) is 18.2 Å². The predicted molar refractivity (Wildman–Crippen MR) is 130 cm³/mol. The third kappa shape index (κ3) is 3.61. The molecule has 4 aromatic rings. The highest BCUT2D eigenvalue weighted by Gasteiger charge is 2.35. The third-order valence-corrected chi connectivity index (χ3v) is 8.81. The molecule has 1 aliphatic carbocycles. The van der Waals surface area contributed by atoms with Gasteiger partial charge in [-0.15, -0.1) is 0 Å². The number of benzene rings is 1. The number of hydrogen-bond acceptors (Lipinski definition) is 5. The Morgan fingerprint density at radius 3 is 2.59 bits per heavy atom. The summed E-state index contributed by atoms with van der Waals surface area (Å²) in [7, 11) is -3.91. The summed E-state index contributed by atoms with van der Waals surface area (Å²) in [6.45, 7) is 1.86. The van der Waals surface area contributed by atoms with E-state index in [-0.39, 0.29) is 22.3 Å². The Kier molecular flexibility index (Phi) is 5.32. The van der Waals surface area contributed by atoms with Crippen molar-refractivity contribution < 1.29 is 18.3 Å². The summed E-state index contributed by atoms with van der Waals surface area (Å²) in [4.78, 5) is 31.5. The normalized spacial score (nSPS) is 21.2. The number of halogens is 1. The number of pyridine rings is 1. The first-order valence-electron chi connectivity index (χ1n) is 10.7. The van der Waals surface area contributed by atoms with Crippen molar-refractivity contribution in [1.29, 1.82) is 0 Å². The standard InChI is InChI=1S/C22H22BrN5O5S/c1-22(26-21(30)31)9-7-13(8-10-22)28-18-16(25-20(28)29)11-24-19-17(18)15(23)12-27(19)34(32,33)14-5-3-2-4-6-14/h2-6,11-13,26H,7-10H2,1H3,(H,25,29)(H,30,31). The highest BCUT2D eigenvalue weighted by atomic mass is 79.9. The minimum Gasteiger partial charge on any atom is -0.465 e. The molecule has 5 rings (SSSR count). The molecule has 12 heteroatoms. The Bertz CT molecular complexity index is 1580. The highest BCUT2D eigenvalue weighted by Crippen LogP contribution is 2.38. The Morgan fingerprint density at radius 2 is 1.94 bits per heavy atom. The molecule has 0 atom stereocenters. The SMILES string of the molecule is CC1(NC(=O)O)CCC(n2c(=O)[nH]c3cnc4c(c(Br)cn4S(=O)(=O)c4ccccc4)c32)CC1. The summed E-state index contributed by atoms with van der Waals surface area (Å²) < 4.78 is 29.9. The van der Waals surface area contributed by atoms with E-state index in [1.165, 1.54) is 24.5 Å². The van der Waals surface area contributed by atoms with E-state index in [0.717, 1.165) is 3.97 Å². The summed E-state index contributed by atoms with van der Waals surface area (Å²) in [6.07, 6.45) is 4.18. The molecule has 0 aliphatic heterocycles. The maximum atomic E-state index is 13.3. The summed E-state index contributed by atoms with van der Waals surface area (Å²) >= 11 is 3.49. The van der Waals surface area contributed by atoms with Crippen LogP contribution in [0.5, 0.6) is 0 Å². The maximum absolute atomic E-state index is 13.3. The smallest absolute Gasteiger partial charge is 0.405 e. The Balaban J connectivity index is 1.64. The van der Waals surface area contributed by atoms with E-state index >= 15 is 0 Å². The van der Waals surface area contributed by atoms with Gasteiger partial charge in [-0.05, 0) is 60.7 Å². The number of hydrogen-bond donors (Lipinski definition) is 3. The van der Waals surface area contributed by atoms with Crippen molar-refractivity contribution in [2.45, 2.75) is 49.1 Å². The number of carbonyl (C=O) groups is 1. The Morgan fingerprint density at radius 1 is 1.26 bits per heavy atom. The first kappa shape index (κ1) is 22.7. The fourth-order valence-electron chi connectivity index (χ4n) is 4.84. The molecule has 34 heavy (non-hydrogen) atoms. The average Bonchev–Trinajstić information content (AvgIpc) is 3.31. The molecule has 3 aromatic heterocycles. The zero-order chi connectivity index (χ0) is 24.3. The molecule has 3 N–H and O–H groups in total. The molecule has 0 spiro atoms. The van der Waals surface area contributed by atoms with Crippen molar-refractivity contribution in [3.63, 3.8) is 0 Å². The lowest BCUT2D eigenvalue weighted by Gasteiger charge is -2.37. The fourth-order valence-corrected chi connectivity index (χ4v) is 6.89. The van der Waals surface area contributed by atoms with E-state index in [1.807, 2.05) is 6.92 Å². The Hall–Kier alpha value is -3.12. The maximum Gasteiger partial charge on any atom is 0.405 e. The number of carboxylic acid groups (broad SMARTS) is 1. The van der Waals surface area contributed by atoms with E-state index in [4.69, 9.17) is 5.11 Å². The van der Waals surface area contributed by atoms with E-state index in [2.05, 4.69) is 31.2 Å².